The summed E-state index contributed by atoms with van der Waals surface area (Å²) in [5, 5.41) is 3.32. The number of rotatable bonds is 3. The molecule has 1 aliphatic rings. The Bertz CT molecular complexity index is 154. The summed E-state index contributed by atoms with van der Waals surface area (Å²) in [6.07, 6.45) is 4.40. The predicted octanol–water partition coefficient (Wildman–Crippen LogP) is 1.75. The predicted molar refractivity (Wildman–Crippen MR) is 50.1 cm³/mol. The minimum absolute atomic E-state index is 0.0208. The molecule has 0 radical (unpaired) electrons. The van der Waals surface area contributed by atoms with Crippen molar-refractivity contribution >= 4 is 5.78 Å². The van der Waals surface area contributed by atoms with Gasteiger partial charge in [0.2, 0.25) is 0 Å². The van der Waals surface area contributed by atoms with Crippen LogP contribution in [0.3, 0.4) is 0 Å². The second-order valence-corrected chi connectivity index (χ2v) is 3.87. The third-order valence-electron chi connectivity index (χ3n) is 2.95. The van der Waals surface area contributed by atoms with Gasteiger partial charge in [0, 0.05) is 12.0 Å². The van der Waals surface area contributed by atoms with Gasteiger partial charge in [-0.2, -0.15) is 0 Å². The van der Waals surface area contributed by atoms with E-state index < -0.39 is 0 Å². The van der Waals surface area contributed by atoms with Crippen molar-refractivity contribution in [3.8, 4) is 0 Å². The van der Waals surface area contributed by atoms with Gasteiger partial charge in [-0.25, -0.2) is 0 Å². The van der Waals surface area contributed by atoms with Crippen molar-refractivity contribution in [3.63, 3.8) is 0 Å². The van der Waals surface area contributed by atoms with Gasteiger partial charge in [0.25, 0.3) is 0 Å². The zero-order valence-electron chi connectivity index (χ0n) is 8.15. The van der Waals surface area contributed by atoms with E-state index in [9.17, 15) is 4.79 Å². The summed E-state index contributed by atoms with van der Waals surface area (Å²) < 4.78 is 0. The summed E-state index contributed by atoms with van der Waals surface area (Å²) in [5.41, 5.74) is -0.0208. The summed E-state index contributed by atoms with van der Waals surface area (Å²) in [5.74, 6) is 0.372. The van der Waals surface area contributed by atoms with Crippen LogP contribution in [-0.4, -0.2) is 18.9 Å². The van der Waals surface area contributed by atoms with E-state index in [0.717, 1.165) is 38.8 Å². The van der Waals surface area contributed by atoms with Gasteiger partial charge in [0.05, 0.1) is 0 Å². The number of Topliss-reactive ketones (excluding diaryl/α,β-unsaturated/α-hetero) is 1. The molecule has 0 aliphatic carbocycles. The van der Waals surface area contributed by atoms with Gasteiger partial charge in [-0.05, 0) is 32.7 Å². The fourth-order valence-corrected chi connectivity index (χ4v) is 2.14. The molecule has 1 unspecified atom stereocenters. The first-order valence-electron chi connectivity index (χ1n) is 4.93. The molecule has 1 atom stereocenters. The van der Waals surface area contributed by atoms with Gasteiger partial charge in [0.15, 0.2) is 0 Å². The zero-order chi connectivity index (χ0) is 9.03. The Hall–Kier alpha value is -0.370. The Kier molecular flexibility index (Phi) is 3.27. The van der Waals surface area contributed by atoms with Crippen LogP contribution in [0.2, 0.25) is 0 Å². The molecule has 0 aromatic carbocycles. The van der Waals surface area contributed by atoms with Crippen LogP contribution in [0.25, 0.3) is 0 Å². The highest BCUT2D eigenvalue weighted by molar-refractivity contribution is 5.82. The molecule has 1 N–H and O–H groups in total. The van der Waals surface area contributed by atoms with E-state index in [1.807, 2.05) is 0 Å². The maximum atomic E-state index is 11.5. The first-order chi connectivity index (χ1) is 5.71. The van der Waals surface area contributed by atoms with Crippen molar-refractivity contribution < 1.29 is 4.79 Å². The molecular weight excluding hydrogens is 150 g/mol. The van der Waals surface area contributed by atoms with Gasteiger partial charge < -0.3 is 5.32 Å². The van der Waals surface area contributed by atoms with E-state index >= 15 is 0 Å². The van der Waals surface area contributed by atoms with E-state index in [-0.39, 0.29) is 5.41 Å². The molecule has 0 spiro atoms. The van der Waals surface area contributed by atoms with Crippen molar-refractivity contribution in [2.45, 2.75) is 39.5 Å². The molecule has 2 heteroatoms. The van der Waals surface area contributed by atoms with E-state index in [4.69, 9.17) is 0 Å². The smallest absolute Gasteiger partial charge is 0.137 e. The van der Waals surface area contributed by atoms with E-state index in [1.54, 1.807) is 6.92 Å². The zero-order valence-corrected chi connectivity index (χ0v) is 8.15. The van der Waals surface area contributed by atoms with Gasteiger partial charge >= 0.3 is 0 Å². The number of hydrogen-bond acceptors (Lipinski definition) is 2. The Morgan fingerprint density at radius 1 is 1.58 bits per heavy atom. The number of hydrogen-bond donors (Lipinski definition) is 1. The second kappa shape index (κ2) is 4.04. The summed E-state index contributed by atoms with van der Waals surface area (Å²) in [6.45, 7) is 5.87. The fourth-order valence-electron chi connectivity index (χ4n) is 2.14. The van der Waals surface area contributed by atoms with Crippen molar-refractivity contribution in [1.29, 1.82) is 0 Å². The molecule has 0 aromatic heterocycles. The molecule has 0 amide bonds. The monoisotopic (exact) mass is 169 g/mol. The third kappa shape index (κ3) is 1.86. The highest BCUT2D eigenvalue weighted by Gasteiger charge is 2.35. The molecule has 0 saturated carbocycles. The van der Waals surface area contributed by atoms with Gasteiger partial charge in [-0.3, -0.25) is 4.79 Å². The molecule has 1 rings (SSSR count). The van der Waals surface area contributed by atoms with Crippen LogP contribution in [-0.2, 0) is 4.79 Å². The lowest BCUT2D eigenvalue weighted by molar-refractivity contribution is -0.128. The van der Waals surface area contributed by atoms with Crippen LogP contribution < -0.4 is 5.32 Å². The molecule has 2 nitrogen and oxygen atoms in total. The molecule has 1 fully saturated rings. The first kappa shape index (κ1) is 9.72. The molecule has 1 heterocycles. The lowest BCUT2D eigenvalue weighted by Gasteiger charge is -2.35. The maximum Gasteiger partial charge on any atom is 0.137 e. The minimum atomic E-state index is -0.0208. The molecular formula is C10H19NO. The van der Waals surface area contributed by atoms with Gasteiger partial charge in [0.1, 0.15) is 5.78 Å². The van der Waals surface area contributed by atoms with Gasteiger partial charge in [-0.15, -0.1) is 0 Å². The highest BCUT2D eigenvalue weighted by Crippen LogP contribution is 2.32. The number of carbonyl (C=O) groups excluding carboxylic acids is 1. The highest BCUT2D eigenvalue weighted by atomic mass is 16.1. The number of nitrogens with one attached hydrogen (secondary N) is 1. The lowest BCUT2D eigenvalue weighted by Crippen LogP contribution is -2.44. The summed E-state index contributed by atoms with van der Waals surface area (Å²) in [7, 11) is 0. The van der Waals surface area contributed by atoms with Crippen molar-refractivity contribution in [1.82, 2.24) is 5.32 Å². The van der Waals surface area contributed by atoms with Crippen molar-refractivity contribution in [3.05, 3.63) is 0 Å². The Balaban J connectivity index is 2.63. The minimum Gasteiger partial charge on any atom is -0.316 e. The number of piperidine rings is 1. The van der Waals surface area contributed by atoms with Crippen LogP contribution in [0.5, 0.6) is 0 Å². The summed E-state index contributed by atoms with van der Waals surface area (Å²) in [6, 6.07) is 0. The number of ketones is 1. The van der Waals surface area contributed by atoms with Crippen LogP contribution in [0.4, 0.5) is 0 Å². The standard InChI is InChI=1S/C10H19NO/c1-3-5-10(9(2)12)6-4-7-11-8-10/h11H,3-8H2,1-2H3. The average Bonchev–Trinajstić information content (AvgIpc) is 2.06. The SMILES string of the molecule is CCCC1(C(C)=O)CCCNC1. The lowest BCUT2D eigenvalue weighted by atomic mass is 9.74. The normalized spacial score (nSPS) is 30.2. The van der Waals surface area contributed by atoms with Gasteiger partial charge in [-0.1, -0.05) is 13.3 Å². The Labute approximate surface area is 74.7 Å². The summed E-state index contributed by atoms with van der Waals surface area (Å²) in [4.78, 5) is 11.5. The summed E-state index contributed by atoms with van der Waals surface area (Å²) >= 11 is 0. The second-order valence-electron chi connectivity index (χ2n) is 3.87. The van der Waals surface area contributed by atoms with Crippen LogP contribution >= 0.6 is 0 Å². The molecule has 1 aliphatic heterocycles. The maximum absolute atomic E-state index is 11.5. The van der Waals surface area contributed by atoms with Crippen LogP contribution in [0, 0.1) is 5.41 Å². The fraction of sp³-hybridized carbons (Fsp3) is 0.900. The quantitative estimate of drug-likeness (QED) is 0.697. The van der Waals surface area contributed by atoms with E-state index in [2.05, 4.69) is 12.2 Å². The van der Waals surface area contributed by atoms with E-state index in [1.165, 1.54) is 0 Å². The molecule has 70 valence electrons. The molecule has 0 bridgehead atoms. The Morgan fingerprint density at radius 2 is 2.33 bits per heavy atom. The first-order valence-corrected chi connectivity index (χ1v) is 4.93. The largest absolute Gasteiger partial charge is 0.316 e. The van der Waals surface area contributed by atoms with E-state index in [0.29, 0.717) is 5.78 Å². The average molecular weight is 169 g/mol. The van der Waals surface area contributed by atoms with Crippen molar-refractivity contribution in [2.24, 2.45) is 5.41 Å². The molecule has 0 aromatic rings. The van der Waals surface area contributed by atoms with Crippen LogP contribution in [0.15, 0.2) is 0 Å². The molecule has 12 heavy (non-hydrogen) atoms. The topological polar surface area (TPSA) is 29.1 Å². The number of carbonyl (C=O) groups is 1. The third-order valence-corrected chi connectivity index (χ3v) is 2.95. The Morgan fingerprint density at radius 3 is 2.75 bits per heavy atom. The van der Waals surface area contributed by atoms with Crippen LogP contribution in [0.1, 0.15) is 39.5 Å². The van der Waals surface area contributed by atoms with Crippen molar-refractivity contribution in [2.75, 3.05) is 13.1 Å². The molecule has 1 saturated heterocycles.